The van der Waals surface area contributed by atoms with Gasteiger partial charge in [-0.15, -0.1) is 0 Å². The Kier molecular flexibility index (Phi) is 18.4. The number of aromatic nitrogens is 2. The number of nitrogens with one attached hydrogen (secondary N) is 4. The Morgan fingerprint density at radius 1 is 0.434 bits per heavy atom. The maximum Gasteiger partial charge on any atom is 0.340 e. The minimum atomic E-state index is -1.86. The monoisotopic (exact) mass is 1140 g/mol. The highest BCUT2D eigenvalue weighted by atomic mass is 16.8. The highest BCUT2D eigenvalue weighted by Gasteiger charge is 2.57. The molecule has 2 aliphatic rings. The van der Waals surface area contributed by atoms with Gasteiger partial charge >= 0.3 is 47.8 Å². The molecule has 2 aromatic heterocycles. The summed E-state index contributed by atoms with van der Waals surface area (Å²) in [5.41, 5.74) is 4.54. The average molecular weight is 1150 g/mol. The molecule has 83 heavy (non-hydrogen) atoms. The number of aromatic amines is 2. The van der Waals surface area contributed by atoms with Gasteiger partial charge in [-0.3, -0.25) is 38.4 Å². The molecule has 6 aromatic rings. The van der Waals surface area contributed by atoms with Crippen molar-refractivity contribution in [2.24, 2.45) is 0 Å². The Balaban J connectivity index is 1.11. The zero-order valence-electron chi connectivity index (χ0n) is 46.5. The quantitative estimate of drug-likeness (QED) is 0.0564. The van der Waals surface area contributed by atoms with Crippen molar-refractivity contribution in [1.82, 2.24) is 9.97 Å². The summed E-state index contributed by atoms with van der Waals surface area (Å²) in [7, 11) is 0. The molecule has 2 saturated heterocycles. The van der Waals surface area contributed by atoms with Gasteiger partial charge in [0.05, 0.1) is 33.5 Å². The molecular weight excluding hydrogens is 1080 g/mol. The van der Waals surface area contributed by atoms with Gasteiger partial charge in [-0.2, -0.15) is 0 Å². The fourth-order valence-electron chi connectivity index (χ4n) is 10.3. The second-order valence-electron chi connectivity index (χ2n) is 19.6. The third kappa shape index (κ3) is 13.3. The maximum absolute atomic E-state index is 14.7. The van der Waals surface area contributed by atoms with Crippen molar-refractivity contribution >= 4 is 92.7 Å². The van der Waals surface area contributed by atoms with E-state index in [0.717, 1.165) is 64.1 Å². The van der Waals surface area contributed by atoms with Crippen LogP contribution in [-0.2, 0) is 85.7 Å². The van der Waals surface area contributed by atoms with Gasteiger partial charge in [-0.1, -0.05) is 67.6 Å². The maximum atomic E-state index is 14.7. The minimum Gasteiger partial charge on any atom is -0.455 e. The van der Waals surface area contributed by atoms with Crippen LogP contribution in [0.15, 0.2) is 97.1 Å². The molecule has 2 aliphatic heterocycles. The van der Waals surface area contributed by atoms with Gasteiger partial charge in [0.1, 0.15) is 0 Å². The highest BCUT2D eigenvalue weighted by molar-refractivity contribution is 6.05. The summed E-state index contributed by atoms with van der Waals surface area (Å²) in [4.78, 5) is 139. The number of hydrogen-bond donors (Lipinski definition) is 4. The van der Waals surface area contributed by atoms with Crippen LogP contribution < -0.4 is 10.6 Å². The number of rotatable bonds is 17. The van der Waals surface area contributed by atoms with Crippen LogP contribution in [0.4, 0.5) is 11.4 Å². The molecule has 0 unspecified atom stereocenters. The van der Waals surface area contributed by atoms with Crippen LogP contribution in [0.1, 0.15) is 104 Å². The smallest absolute Gasteiger partial charge is 0.340 e. The van der Waals surface area contributed by atoms with E-state index in [2.05, 4.69) is 20.6 Å². The Hall–Kier alpha value is -9.42. The number of carbonyl (C=O) groups is 10. The number of carbonyl (C=O) groups excluding carboxylic acids is 10. The molecule has 4 aromatic carbocycles. The number of ether oxygens (including phenoxy) is 10. The number of fused-ring (bicyclic) bond motifs is 2. The summed E-state index contributed by atoms with van der Waals surface area (Å²) in [5.74, 6) is -9.61. The molecule has 0 saturated carbocycles. The molecule has 2 amide bonds. The number of anilines is 2. The van der Waals surface area contributed by atoms with Gasteiger partial charge in [0.2, 0.25) is 24.8 Å². The van der Waals surface area contributed by atoms with E-state index in [9.17, 15) is 47.9 Å². The standard InChI is InChI=1S/C59H60N4O20/c1-10-37(42-27(2)38-23-17-25-40(44(38)62-42)60-54(70)50-46(74-29(4)64)48(76-31(6)66)52(78-33(8)68)58(80-50)82-56(72)35-19-13-11-14-20-35)43-28(3)39-24-18-26-41(45(39)63-43)61-55(71)51-47(75-30(5)65)49(77-32(7)67)53(79-34(9)69)59(81-51)83-57(73)36-21-15-12-16-22-36/h11-26,37,46-53,58-59,62-63H,10H2,1-9H3,(H,60,70)(H,61,71)/t46-,47-,48-,49-,50-,51-,52+,53+,58-,59-/m0/s1. The van der Waals surface area contributed by atoms with E-state index < -0.39 is 127 Å². The van der Waals surface area contributed by atoms with Gasteiger partial charge in [0.15, 0.2) is 36.6 Å². The van der Waals surface area contributed by atoms with E-state index in [0.29, 0.717) is 28.2 Å². The van der Waals surface area contributed by atoms with Crippen molar-refractivity contribution in [1.29, 1.82) is 0 Å². The number of para-hydroxylation sites is 2. The van der Waals surface area contributed by atoms with Crippen molar-refractivity contribution in [2.75, 3.05) is 10.6 Å². The van der Waals surface area contributed by atoms with Crippen molar-refractivity contribution in [3.63, 3.8) is 0 Å². The minimum absolute atomic E-state index is 0.0738. The van der Waals surface area contributed by atoms with E-state index in [1.54, 1.807) is 60.7 Å². The molecule has 0 spiro atoms. The van der Waals surface area contributed by atoms with Crippen molar-refractivity contribution in [3.05, 3.63) is 131 Å². The number of amides is 2. The molecule has 4 N–H and O–H groups in total. The van der Waals surface area contributed by atoms with Crippen LogP contribution in [0.5, 0.6) is 0 Å². The molecule has 0 aliphatic carbocycles. The van der Waals surface area contributed by atoms with E-state index in [4.69, 9.17) is 47.4 Å². The normalized spacial score (nSPS) is 22.1. The predicted molar refractivity (Wildman–Crippen MR) is 290 cm³/mol. The number of H-pyrrole nitrogens is 2. The van der Waals surface area contributed by atoms with Crippen LogP contribution >= 0.6 is 0 Å². The second-order valence-corrected chi connectivity index (χ2v) is 19.6. The molecule has 2 fully saturated rings. The largest absolute Gasteiger partial charge is 0.455 e. The SMILES string of the molecule is CCC(c1[nH]c2c(NC(=O)[C@H]3O[C@@H](OC(=O)c4ccccc4)[C@H](OC(C)=O)[C@@H](OC(C)=O)[C@@H]3OC(C)=O)cccc2c1C)c1[nH]c2c(NC(=O)[C@H]3O[C@@H](OC(=O)c4ccccc4)[C@H](OC(C)=O)[C@@H](OC(C)=O)[C@@H]3OC(C)=O)cccc2c1C. The highest BCUT2D eigenvalue weighted by Crippen LogP contribution is 2.41. The van der Waals surface area contributed by atoms with Gasteiger partial charge < -0.3 is 68.0 Å². The van der Waals surface area contributed by atoms with Crippen LogP contribution in [-0.4, -0.2) is 131 Å². The Morgan fingerprint density at radius 2 is 0.759 bits per heavy atom. The van der Waals surface area contributed by atoms with Crippen LogP contribution in [0.25, 0.3) is 21.8 Å². The fourth-order valence-corrected chi connectivity index (χ4v) is 10.3. The van der Waals surface area contributed by atoms with E-state index in [1.807, 2.05) is 32.9 Å². The number of aryl methyl sites for hydroxylation is 2. The lowest BCUT2D eigenvalue weighted by Gasteiger charge is -2.43. The van der Waals surface area contributed by atoms with E-state index in [1.165, 1.54) is 24.3 Å². The fraction of sp³-hybridized carbons (Fsp3) is 0.356. The zero-order valence-corrected chi connectivity index (χ0v) is 46.5. The summed E-state index contributed by atoms with van der Waals surface area (Å²) in [6.07, 6.45) is -17.2. The third-order valence-electron chi connectivity index (χ3n) is 13.7. The van der Waals surface area contributed by atoms with Crippen molar-refractivity contribution < 1.29 is 95.3 Å². The third-order valence-corrected chi connectivity index (χ3v) is 13.7. The first-order chi connectivity index (χ1) is 39.5. The average Bonchev–Trinajstić information content (AvgIpc) is 3.25. The summed E-state index contributed by atoms with van der Waals surface area (Å²) >= 11 is 0. The summed E-state index contributed by atoms with van der Waals surface area (Å²) in [6, 6.07) is 25.7. The predicted octanol–water partition coefficient (Wildman–Crippen LogP) is 6.44. The summed E-state index contributed by atoms with van der Waals surface area (Å²) in [6.45, 7) is 12.0. The molecule has 24 nitrogen and oxygen atoms in total. The van der Waals surface area contributed by atoms with E-state index >= 15 is 0 Å². The molecule has 0 bridgehead atoms. The molecular formula is C59H60N4O20. The number of esters is 8. The molecule has 436 valence electrons. The lowest BCUT2D eigenvalue weighted by atomic mass is 9.92. The molecule has 8 rings (SSSR count). The van der Waals surface area contributed by atoms with Gasteiger partial charge in [0.25, 0.3) is 11.8 Å². The van der Waals surface area contributed by atoms with Crippen molar-refractivity contribution in [3.8, 4) is 0 Å². The van der Waals surface area contributed by atoms with Crippen LogP contribution in [0.3, 0.4) is 0 Å². The van der Waals surface area contributed by atoms with E-state index in [-0.39, 0.29) is 22.5 Å². The first-order valence-corrected chi connectivity index (χ1v) is 26.2. The van der Waals surface area contributed by atoms with Crippen molar-refractivity contribution in [2.45, 2.75) is 136 Å². The van der Waals surface area contributed by atoms with Crippen LogP contribution in [0, 0.1) is 13.8 Å². The summed E-state index contributed by atoms with van der Waals surface area (Å²) < 4.78 is 56.7. The Labute approximate surface area is 474 Å². The first kappa shape index (κ1) is 59.7. The van der Waals surface area contributed by atoms with Gasteiger partial charge in [0, 0.05) is 69.6 Å². The topological polar surface area (TPSA) is 319 Å². The van der Waals surface area contributed by atoms with Gasteiger partial charge in [-0.25, -0.2) is 9.59 Å². The lowest BCUT2D eigenvalue weighted by Crippen LogP contribution is -2.64. The molecule has 10 atom stereocenters. The lowest BCUT2D eigenvalue weighted by molar-refractivity contribution is -0.284. The zero-order chi connectivity index (χ0) is 60.0. The van der Waals surface area contributed by atoms with Gasteiger partial charge in [-0.05, 0) is 67.8 Å². The number of hydrogen-bond acceptors (Lipinski definition) is 20. The number of benzene rings is 4. The molecule has 24 heteroatoms. The Bertz CT molecular complexity index is 3260. The Morgan fingerprint density at radius 3 is 1.08 bits per heavy atom. The molecule has 0 radical (unpaired) electrons. The first-order valence-electron chi connectivity index (χ1n) is 26.2. The summed E-state index contributed by atoms with van der Waals surface area (Å²) in [5, 5.41) is 7.05. The molecule has 4 heterocycles. The van der Waals surface area contributed by atoms with Crippen LogP contribution in [0.2, 0.25) is 0 Å². The second kappa shape index (κ2) is 25.6.